The molecule has 1 aliphatic heterocycles. The lowest BCUT2D eigenvalue weighted by Crippen LogP contribution is -2.51. The first-order valence-electron chi connectivity index (χ1n) is 10.6. The summed E-state index contributed by atoms with van der Waals surface area (Å²) in [6, 6.07) is 3.39. The Morgan fingerprint density at radius 2 is 1.97 bits per heavy atom. The molecule has 1 saturated carbocycles. The van der Waals surface area contributed by atoms with Crippen LogP contribution < -0.4 is 10.6 Å². The van der Waals surface area contributed by atoms with Crippen LogP contribution in [0.3, 0.4) is 0 Å². The number of sulfonamides is 1. The average molecular weight is 462 g/mol. The van der Waals surface area contributed by atoms with Crippen LogP contribution in [0.1, 0.15) is 38.7 Å². The van der Waals surface area contributed by atoms with Gasteiger partial charge >= 0.3 is 6.18 Å². The summed E-state index contributed by atoms with van der Waals surface area (Å²) in [5, 5.41) is 6.13. The van der Waals surface area contributed by atoms with Crippen LogP contribution in [-0.2, 0) is 21.0 Å². The van der Waals surface area contributed by atoms with Gasteiger partial charge in [-0.2, -0.15) is 17.5 Å². The van der Waals surface area contributed by atoms with E-state index in [1.54, 1.807) is 7.05 Å². The van der Waals surface area contributed by atoms with Gasteiger partial charge in [-0.3, -0.25) is 4.79 Å². The summed E-state index contributed by atoms with van der Waals surface area (Å²) in [6.45, 7) is 4.47. The number of fused-ring (bicyclic) bond motifs is 1. The number of nitrogens with one attached hydrogen (secondary N) is 2. The van der Waals surface area contributed by atoms with Gasteiger partial charge in [0.15, 0.2) is 0 Å². The second kappa shape index (κ2) is 9.07. The number of alkyl halides is 3. The van der Waals surface area contributed by atoms with Crippen molar-refractivity contribution in [1.82, 2.24) is 14.9 Å². The molecule has 1 saturated heterocycles. The molecule has 6 nitrogen and oxygen atoms in total. The molecule has 1 aliphatic carbocycles. The quantitative estimate of drug-likeness (QED) is 0.655. The molecule has 2 N–H and O–H groups in total. The number of benzene rings is 1. The highest BCUT2D eigenvalue weighted by molar-refractivity contribution is 7.89. The van der Waals surface area contributed by atoms with Crippen LogP contribution in [0.25, 0.3) is 0 Å². The van der Waals surface area contributed by atoms with Crippen molar-refractivity contribution in [3.05, 3.63) is 29.8 Å². The Bertz CT molecular complexity index is 907. The van der Waals surface area contributed by atoms with Crippen molar-refractivity contribution in [2.45, 2.75) is 56.3 Å². The molecule has 0 radical (unpaired) electrons. The van der Waals surface area contributed by atoms with E-state index in [0.29, 0.717) is 6.07 Å². The minimum Gasteiger partial charge on any atom is -0.352 e. The molecule has 1 heterocycles. The van der Waals surface area contributed by atoms with Crippen LogP contribution >= 0.6 is 0 Å². The molecule has 1 amide bonds. The van der Waals surface area contributed by atoms with E-state index in [0.717, 1.165) is 31.4 Å². The van der Waals surface area contributed by atoms with Crippen molar-refractivity contribution in [3.63, 3.8) is 0 Å². The predicted octanol–water partition coefficient (Wildman–Crippen LogP) is 2.85. The first-order valence-corrected chi connectivity index (χ1v) is 12.1. The molecule has 0 unspecified atom stereocenters. The summed E-state index contributed by atoms with van der Waals surface area (Å²) in [7, 11) is -2.30. The predicted molar refractivity (Wildman–Crippen MR) is 111 cm³/mol. The molecule has 1 aromatic rings. The van der Waals surface area contributed by atoms with Crippen molar-refractivity contribution in [3.8, 4) is 0 Å². The summed E-state index contributed by atoms with van der Waals surface area (Å²) in [5.74, 6) is 0.103. The van der Waals surface area contributed by atoms with Gasteiger partial charge in [-0.15, -0.1) is 0 Å². The first kappa shape index (κ1) is 24.0. The van der Waals surface area contributed by atoms with Gasteiger partial charge in [0.1, 0.15) is 0 Å². The van der Waals surface area contributed by atoms with E-state index in [1.165, 1.54) is 10.4 Å². The molecular formula is C21H30F3N3O3S. The number of nitrogens with zero attached hydrogens (tertiary/aromatic N) is 1. The van der Waals surface area contributed by atoms with Crippen LogP contribution in [0.15, 0.2) is 29.2 Å². The molecule has 5 atom stereocenters. The Morgan fingerprint density at radius 3 is 2.58 bits per heavy atom. The van der Waals surface area contributed by atoms with Gasteiger partial charge in [0, 0.05) is 19.1 Å². The highest BCUT2D eigenvalue weighted by Gasteiger charge is 2.47. The van der Waals surface area contributed by atoms with E-state index in [1.807, 2.05) is 13.8 Å². The monoisotopic (exact) mass is 461 g/mol. The Kier molecular flexibility index (Phi) is 7.02. The van der Waals surface area contributed by atoms with Crippen LogP contribution in [0.2, 0.25) is 0 Å². The van der Waals surface area contributed by atoms with Crippen molar-refractivity contribution in [1.29, 1.82) is 0 Å². The summed E-state index contributed by atoms with van der Waals surface area (Å²) in [4.78, 5) is 12.4. The summed E-state index contributed by atoms with van der Waals surface area (Å²) in [5.41, 5.74) is -0.985. The lowest BCUT2D eigenvalue weighted by Gasteiger charge is -2.26. The number of carbonyl (C=O) groups excluding carboxylic acids is 1. The molecule has 2 fully saturated rings. The maximum atomic E-state index is 13.0. The Balaban J connectivity index is 1.72. The van der Waals surface area contributed by atoms with Crippen LogP contribution in [0.5, 0.6) is 0 Å². The molecule has 174 valence electrons. The topological polar surface area (TPSA) is 78.5 Å². The third-order valence-electron chi connectivity index (χ3n) is 6.76. The van der Waals surface area contributed by atoms with Gasteiger partial charge in [-0.25, -0.2) is 8.42 Å². The number of amides is 1. The van der Waals surface area contributed by atoms with E-state index in [-0.39, 0.29) is 53.7 Å². The Hall–Kier alpha value is -1.65. The van der Waals surface area contributed by atoms with Crippen LogP contribution in [-0.4, -0.2) is 50.9 Å². The zero-order valence-electron chi connectivity index (χ0n) is 17.9. The van der Waals surface area contributed by atoms with Gasteiger partial charge < -0.3 is 10.6 Å². The average Bonchev–Trinajstić information content (AvgIpc) is 3.30. The maximum absolute atomic E-state index is 13.0. The molecule has 1 aromatic carbocycles. The maximum Gasteiger partial charge on any atom is 0.416 e. The number of rotatable bonds is 7. The van der Waals surface area contributed by atoms with Crippen molar-refractivity contribution in [2.75, 3.05) is 20.1 Å². The minimum absolute atomic E-state index is 0.0426. The van der Waals surface area contributed by atoms with Gasteiger partial charge in [0.25, 0.3) is 0 Å². The molecule has 2 aliphatic rings. The number of carbonyl (C=O) groups is 1. The molecule has 10 heteroatoms. The zero-order chi connectivity index (χ0) is 23.0. The van der Waals surface area contributed by atoms with E-state index in [2.05, 4.69) is 10.6 Å². The molecule has 0 spiro atoms. The third-order valence-corrected chi connectivity index (χ3v) is 8.58. The molecule has 3 rings (SSSR count). The Labute approximate surface area is 181 Å². The fourth-order valence-electron chi connectivity index (χ4n) is 4.76. The number of hydrogen-bond acceptors (Lipinski definition) is 4. The van der Waals surface area contributed by atoms with Crippen molar-refractivity contribution >= 4 is 15.9 Å². The molecule has 31 heavy (non-hydrogen) atoms. The first-order chi connectivity index (χ1) is 14.5. The smallest absolute Gasteiger partial charge is 0.352 e. The van der Waals surface area contributed by atoms with Gasteiger partial charge in [0.2, 0.25) is 15.9 Å². The van der Waals surface area contributed by atoms with E-state index < -0.39 is 21.8 Å². The zero-order valence-corrected chi connectivity index (χ0v) is 18.8. The fourth-order valence-corrected chi connectivity index (χ4v) is 6.34. The summed E-state index contributed by atoms with van der Waals surface area (Å²) in [6.07, 6.45) is -2.21. The fraction of sp³-hybridized carbons (Fsp3) is 0.667. The van der Waals surface area contributed by atoms with E-state index >= 15 is 0 Å². The highest BCUT2D eigenvalue weighted by Crippen LogP contribution is 2.41. The summed E-state index contributed by atoms with van der Waals surface area (Å²) >= 11 is 0. The molecule has 0 aromatic heterocycles. The van der Waals surface area contributed by atoms with Crippen molar-refractivity contribution < 1.29 is 26.4 Å². The van der Waals surface area contributed by atoms with Crippen LogP contribution in [0, 0.1) is 17.8 Å². The third kappa shape index (κ3) is 4.90. The lowest BCUT2D eigenvalue weighted by atomic mass is 9.95. The van der Waals surface area contributed by atoms with Gasteiger partial charge in [0.05, 0.1) is 16.5 Å². The number of hydrogen-bond donors (Lipinski definition) is 2. The molecular weight excluding hydrogens is 431 g/mol. The minimum atomic E-state index is -4.61. The van der Waals surface area contributed by atoms with Crippen molar-refractivity contribution in [2.24, 2.45) is 17.8 Å². The SMILES string of the molecule is CC[C@H](C)[C@H](NC)C(=O)N[C@@H]1CC[C@H]2CN(S(=O)(=O)c3cccc(C(F)(F)F)c3)C[C@H]21. The standard InChI is InChI=1S/C21H30F3N3O3S/c1-4-13(2)19(25-3)20(28)26-18-9-8-14-11-27(12-17(14)18)31(29,30)16-7-5-6-15(10-16)21(22,23)24/h5-7,10,13-14,17-19,25H,4,8-9,11-12H2,1-3H3,(H,26,28)/t13-,14-,17+,18+,19-/m0/s1. The van der Waals surface area contributed by atoms with Crippen LogP contribution in [0.4, 0.5) is 13.2 Å². The summed E-state index contributed by atoms with van der Waals surface area (Å²) < 4.78 is 66.4. The van der Waals surface area contributed by atoms with Gasteiger partial charge in [-0.1, -0.05) is 26.3 Å². The lowest BCUT2D eigenvalue weighted by molar-refractivity contribution is -0.137. The molecule has 0 bridgehead atoms. The van der Waals surface area contributed by atoms with Gasteiger partial charge in [-0.05, 0) is 55.8 Å². The second-order valence-electron chi connectivity index (χ2n) is 8.62. The Morgan fingerprint density at radius 1 is 1.26 bits per heavy atom. The van der Waals surface area contributed by atoms with E-state index in [9.17, 15) is 26.4 Å². The number of halogens is 3. The largest absolute Gasteiger partial charge is 0.416 e. The highest BCUT2D eigenvalue weighted by atomic mass is 32.2. The number of likely N-dealkylation sites (N-methyl/N-ethyl adjacent to an activating group) is 1. The van der Waals surface area contributed by atoms with E-state index in [4.69, 9.17) is 0 Å². The normalized spacial score (nSPS) is 26.5. The second-order valence-corrected chi connectivity index (χ2v) is 10.6.